The van der Waals surface area contributed by atoms with Gasteiger partial charge in [-0.05, 0) is 53.6 Å². The van der Waals surface area contributed by atoms with Crippen molar-refractivity contribution < 1.29 is 42.7 Å². The van der Waals surface area contributed by atoms with Crippen LogP contribution in [0.5, 0.6) is 40.2 Å². The van der Waals surface area contributed by atoms with E-state index in [4.69, 9.17) is 33.2 Å². The van der Waals surface area contributed by atoms with Crippen LogP contribution in [0.15, 0.2) is 48.2 Å². The van der Waals surface area contributed by atoms with Gasteiger partial charge in [0.05, 0.1) is 33.3 Å². The van der Waals surface area contributed by atoms with Gasteiger partial charge in [-0.1, -0.05) is 6.07 Å². The van der Waals surface area contributed by atoms with Crippen LogP contribution in [0.2, 0.25) is 0 Å². The molecule has 0 N–H and O–H groups in total. The van der Waals surface area contributed by atoms with Crippen molar-refractivity contribution in [1.82, 2.24) is 0 Å². The number of fused-ring (bicyclic) bond motifs is 4. The number of allylic oxidation sites excluding steroid dienone is 1. The first-order valence-electron chi connectivity index (χ1n) is 11.5. The molecule has 1 atom stereocenters. The normalized spacial score (nSPS) is 18.1. The molecule has 9 nitrogen and oxygen atoms in total. The maximum Gasteiger partial charge on any atom is 0.312 e. The third kappa shape index (κ3) is 3.70. The molecule has 0 aliphatic carbocycles. The highest BCUT2D eigenvalue weighted by molar-refractivity contribution is 6.15. The second-order valence-electron chi connectivity index (χ2n) is 8.60. The molecule has 0 aromatic heterocycles. The number of carbonyl (C=O) groups excluding carboxylic acids is 2. The van der Waals surface area contributed by atoms with Crippen molar-refractivity contribution in [3.63, 3.8) is 0 Å². The van der Waals surface area contributed by atoms with Crippen LogP contribution in [0, 0.1) is 0 Å². The second kappa shape index (κ2) is 8.77. The number of benzene rings is 3. The second-order valence-corrected chi connectivity index (χ2v) is 8.60. The van der Waals surface area contributed by atoms with E-state index in [0.29, 0.717) is 56.9 Å². The van der Waals surface area contributed by atoms with Crippen LogP contribution in [0.4, 0.5) is 0 Å². The molecule has 0 saturated carbocycles. The zero-order valence-electron chi connectivity index (χ0n) is 20.3. The Hall–Kier alpha value is -4.66. The lowest BCUT2D eigenvalue weighted by Crippen LogP contribution is -2.21. The molecule has 0 saturated heterocycles. The maximum atomic E-state index is 13.3. The smallest absolute Gasteiger partial charge is 0.312 e. The number of ketones is 1. The Morgan fingerprint density at radius 3 is 2.41 bits per heavy atom. The highest BCUT2D eigenvalue weighted by Gasteiger charge is 2.39. The van der Waals surface area contributed by atoms with Crippen molar-refractivity contribution >= 4 is 17.8 Å². The average Bonchev–Trinajstić information content (AvgIpc) is 3.51. The molecule has 0 amide bonds. The molecule has 3 aliphatic heterocycles. The third-order valence-electron chi connectivity index (χ3n) is 6.57. The van der Waals surface area contributed by atoms with Gasteiger partial charge in [0.2, 0.25) is 18.3 Å². The Labute approximate surface area is 212 Å². The third-order valence-corrected chi connectivity index (χ3v) is 6.57. The fraction of sp³-hybridized carbons (Fsp3) is 0.214. The molecule has 6 rings (SSSR count). The van der Waals surface area contributed by atoms with Crippen LogP contribution in [0.3, 0.4) is 0 Å². The summed E-state index contributed by atoms with van der Waals surface area (Å²) < 4.78 is 38.9. The van der Waals surface area contributed by atoms with Crippen molar-refractivity contribution in [3.8, 4) is 40.2 Å². The van der Waals surface area contributed by atoms with Gasteiger partial charge < -0.3 is 33.2 Å². The van der Waals surface area contributed by atoms with Crippen LogP contribution in [0.1, 0.15) is 39.4 Å². The first-order chi connectivity index (χ1) is 18.0. The fourth-order valence-electron chi connectivity index (χ4n) is 4.84. The Balaban J connectivity index is 1.43. The Bertz CT molecular complexity index is 1490. The molecule has 3 aromatic carbocycles. The van der Waals surface area contributed by atoms with Gasteiger partial charge in [0.1, 0.15) is 11.5 Å². The van der Waals surface area contributed by atoms with E-state index in [2.05, 4.69) is 0 Å². The van der Waals surface area contributed by atoms with Gasteiger partial charge in [-0.15, -0.1) is 0 Å². The van der Waals surface area contributed by atoms with E-state index < -0.39 is 5.92 Å². The van der Waals surface area contributed by atoms with Crippen LogP contribution < -0.4 is 33.2 Å². The number of ether oxygens (including phenoxy) is 7. The van der Waals surface area contributed by atoms with E-state index in [1.54, 1.807) is 56.7 Å². The summed E-state index contributed by atoms with van der Waals surface area (Å²) in [4.78, 5) is 25.8. The minimum Gasteiger partial charge on any atom is -0.493 e. The zero-order chi connectivity index (χ0) is 25.7. The van der Waals surface area contributed by atoms with Gasteiger partial charge in [0, 0.05) is 11.5 Å². The van der Waals surface area contributed by atoms with Crippen LogP contribution >= 0.6 is 0 Å². The maximum absolute atomic E-state index is 13.3. The number of esters is 1. The summed E-state index contributed by atoms with van der Waals surface area (Å²) in [6.07, 6.45) is 1.70. The number of hydrogen-bond donors (Lipinski definition) is 0. The summed E-state index contributed by atoms with van der Waals surface area (Å²) in [7, 11) is 4.63. The van der Waals surface area contributed by atoms with Gasteiger partial charge in [0.25, 0.3) is 0 Å². The molecule has 9 heteroatoms. The number of rotatable bonds is 5. The molecule has 0 radical (unpaired) electrons. The van der Waals surface area contributed by atoms with E-state index in [1.807, 2.05) is 6.07 Å². The molecule has 0 fully saturated rings. The number of methoxy groups -OCH3 is 3. The van der Waals surface area contributed by atoms with E-state index >= 15 is 0 Å². The lowest BCUT2D eigenvalue weighted by Gasteiger charge is -2.26. The lowest BCUT2D eigenvalue weighted by molar-refractivity contribution is -0.135. The minimum atomic E-state index is -0.456. The van der Waals surface area contributed by atoms with Crippen molar-refractivity contribution in [2.24, 2.45) is 0 Å². The van der Waals surface area contributed by atoms with Crippen molar-refractivity contribution in [3.05, 3.63) is 70.5 Å². The summed E-state index contributed by atoms with van der Waals surface area (Å²) in [6, 6.07) is 12.2. The summed E-state index contributed by atoms with van der Waals surface area (Å²) in [5, 5.41) is 0. The molecule has 3 aromatic rings. The molecule has 0 unspecified atom stereocenters. The van der Waals surface area contributed by atoms with Crippen molar-refractivity contribution in [2.45, 2.75) is 12.3 Å². The number of Topliss-reactive ketones (excluding diaryl/α,β-unsaturated/α-hetero) is 1. The summed E-state index contributed by atoms with van der Waals surface area (Å²) in [5.74, 6) is 2.36. The highest BCUT2D eigenvalue weighted by Crippen LogP contribution is 2.51. The molecule has 3 heterocycles. The number of hydrogen-bond acceptors (Lipinski definition) is 9. The Kier molecular flexibility index (Phi) is 5.40. The monoisotopic (exact) mass is 502 g/mol. The molecule has 3 aliphatic rings. The molecule has 37 heavy (non-hydrogen) atoms. The van der Waals surface area contributed by atoms with E-state index in [-0.39, 0.29) is 30.7 Å². The first-order valence-corrected chi connectivity index (χ1v) is 11.5. The number of carbonyl (C=O) groups is 2. The van der Waals surface area contributed by atoms with Gasteiger partial charge in [0.15, 0.2) is 28.8 Å². The molecule has 188 valence electrons. The topological polar surface area (TPSA) is 98.8 Å². The van der Waals surface area contributed by atoms with Crippen LogP contribution in [0.25, 0.3) is 6.08 Å². The predicted molar refractivity (Wildman–Crippen MR) is 130 cm³/mol. The quantitative estimate of drug-likeness (QED) is 0.284. The average molecular weight is 502 g/mol. The van der Waals surface area contributed by atoms with Crippen LogP contribution in [-0.4, -0.2) is 39.9 Å². The Morgan fingerprint density at radius 1 is 0.811 bits per heavy atom. The first kappa shape index (κ1) is 22.8. The van der Waals surface area contributed by atoms with Gasteiger partial charge in [-0.3, -0.25) is 9.59 Å². The molecule has 0 spiro atoms. The Morgan fingerprint density at radius 2 is 1.62 bits per heavy atom. The fourth-order valence-corrected chi connectivity index (χ4v) is 4.84. The van der Waals surface area contributed by atoms with Crippen molar-refractivity contribution in [1.29, 1.82) is 0 Å². The molecular formula is C28H22O9. The molecular weight excluding hydrogens is 480 g/mol. The predicted octanol–water partition coefficient (Wildman–Crippen LogP) is 4.50. The van der Waals surface area contributed by atoms with Gasteiger partial charge >= 0.3 is 5.97 Å². The summed E-state index contributed by atoms with van der Waals surface area (Å²) >= 11 is 0. The van der Waals surface area contributed by atoms with Crippen molar-refractivity contribution in [2.75, 3.05) is 28.1 Å². The van der Waals surface area contributed by atoms with E-state index in [9.17, 15) is 9.59 Å². The van der Waals surface area contributed by atoms with Gasteiger partial charge in [-0.2, -0.15) is 0 Å². The summed E-state index contributed by atoms with van der Waals surface area (Å²) in [5.41, 5.74) is 2.45. The SMILES string of the molecule is COc1ccc(/C=C2\Oc3c(ccc4c3[C@@H](c3cc(OC)c5c(c3)OCO5)CC(=O)O4)C2=O)cc1OC. The lowest BCUT2D eigenvalue weighted by atomic mass is 9.84. The van der Waals surface area contributed by atoms with Crippen LogP contribution in [-0.2, 0) is 4.79 Å². The molecule has 0 bridgehead atoms. The highest BCUT2D eigenvalue weighted by atomic mass is 16.7. The largest absolute Gasteiger partial charge is 0.493 e. The van der Waals surface area contributed by atoms with E-state index in [0.717, 1.165) is 5.56 Å². The summed E-state index contributed by atoms with van der Waals surface area (Å²) in [6.45, 7) is 0.0791. The standard InChI is InChI=1S/C28H22O9/c1-31-18-6-4-14(8-20(18)32-2)9-21-26(30)16-5-7-19-25(27(16)37-21)17(12-24(29)36-19)15-10-22(33-3)28-23(11-15)34-13-35-28/h4-11,17H,12-13H2,1-3H3/b21-9-/t17-/m1/s1. The minimum absolute atomic E-state index is 0.0541. The van der Waals surface area contributed by atoms with Gasteiger partial charge in [-0.25, -0.2) is 0 Å². The zero-order valence-corrected chi connectivity index (χ0v) is 20.3. The van der Waals surface area contributed by atoms with E-state index in [1.165, 1.54) is 7.11 Å².